The van der Waals surface area contributed by atoms with Gasteiger partial charge in [-0.2, -0.15) is 0 Å². The van der Waals surface area contributed by atoms with Crippen LogP contribution in [0.5, 0.6) is 0 Å². The van der Waals surface area contributed by atoms with Crippen molar-refractivity contribution in [2.45, 2.75) is 58.5 Å². The lowest BCUT2D eigenvalue weighted by molar-refractivity contribution is -0.151. The van der Waals surface area contributed by atoms with Gasteiger partial charge in [0.15, 0.2) is 0 Å². The molecule has 3 atom stereocenters. The zero-order chi connectivity index (χ0) is 10.8. The first kappa shape index (κ1) is 11.0. The maximum atomic E-state index is 11.6. The van der Waals surface area contributed by atoms with Crippen LogP contribution >= 0.6 is 0 Å². The Balaban J connectivity index is 1.82. The van der Waals surface area contributed by atoms with Crippen LogP contribution in [0.25, 0.3) is 0 Å². The highest BCUT2D eigenvalue weighted by Gasteiger charge is 2.41. The molecule has 2 rings (SSSR count). The number of fused-ring (bicyclic) bond motifs is 1. The standard InChI is InChI=1S/C13H22O2/c1-9(2)8-13(14)15-12-7-6-10-4-3-5-11(10)12/h9-12H,3-8H2,1-2H3/t10-,11-,12?/m0/s1. The summed E-state index contributed by atoms with van der Waals surface area (Å²) in [7, 11) is 0. The third-order valence-electron chi connectivity index (χ3n) is 3.88. The van der Waals surface area contributed by atoms with E-state index < -0.39 is 0 Å². The van der Waals surface area contributed by atoms with Crippen LogP contribution < -0.4 is 0 Å². The van der Waals surface area contributed by atoms with Crippen molar-refractivity contribution in [3.05, 3.63) is 0 Å². The minimum Gasteiger partial charge on any atom is -0.462 e. The molecule has 86 valence electrons. The average molecular weight is 210 g/mol. The molecule has 2 aliphatic rings. The fourth-order valence-electron chi connectivity index (χ4n) is 3.20. The molecule has 0 aromatic carbocycles. The second kappa shape index (κ2) is 4.54. The van der Waals surface area contributed by atoms with Crippen molar-refractivity contribution in [3.63, 3.8) is 0 Å². The molecular weight excluding hydrogens is 188 g/mol. The summed E-state index contributed by atoms with van der Waals surface area (Å²) in [6.07, 6.45) is 7.21. The summed E-state index contributed by atoms with van der Waals surface area (Å²) < 4.78 is 5.60. The van der Waals surface area contributed by atoms with Gasteiger partial charge < -0.3 is 4.74 Å². The van der Waals surface area contributed by atoms with Gasteiger partial charge in [-0.05, 0) is 37.0 Å². The molecule has 0 bridgehead atoms. The van der Waals surface area contributed by atoms with Crippen molar-refractivity contribution in [2.24, 2.45) is 17.8 Å². The summed E-state index contributed by atoms with van der Waals surface area (Å²) in [6.45, 7) is 4.13. The number of esters is 1. The Morgan fingerprint density at radius 3 is 2.80 bits per heavy atom. The summed E-state index contributed by atoms with van der Waals surface area (Å²) in [4.78, 5) is 11.6. The van der Waals surface area contributed by atoms with Crippen LogP contribution in [0.15, 0.2) is 0 Å². The van der Waals surface area contributed by atoms with E-state index in [-0.39, 0.29) is 12.1 Å². The van der Waals surface area contributed by atoms with E-state index in [2.05, 4.69) is 13.8 Å². The molecule has 0 aromatic heterocycles. The van der Waals surface area contributed by atoms with Crippen molar-refractivity contribution < 1.29 is 9.53 Å². The molecule has 0 saturated heterocycles. The molecule has 2 nitrogen and oxygen atoms in total. The van der Waals surface area contributed by atoms with Gasteiger partial charge in [-0.25, -0.2) is 0 Å². The van der Waals surface area contributed by atoms with Crippen LogP contribution in [0.4, 0.5) is 0 Å². The van der Waals surface area contributed by atoms with Gasteiger partial charge in [-0.1, -0.05) is 26.7 Å². The molecule has 0 aromatic rings. The molecule has 1 unspecified atom stereocenters. The fraction of sp³-hybridized carbons (Fsp3) is 0.923. The fourth-order valence-corrected chi connectivity index (χ4v) is 3.20. The zero-order valence-electron chi connectivity index (χ0n) is 9.87. The number of hydrogen-bond donors (Lipinski definition) is 0. The van der Waals surface area contributed by atoms with Crippen LogP contribution in [0.3, 0.4) is 0 Å². The monoisotopic (exact) mass is 210 g/mol. The van der Waals surface area contributed by atoms with Gasteiger partial charge in [0.1, 0.15) is 6.10 Å². The Bertz CT molecular complexity index is 235. The highest BCUT2D eigenvalue weighted by Crippen LogP contribution is 2.45. The van der Waals surface area contributed by atoms with Gasteiger partial charge >= 0.3 is 5.97 Å². The van der Waals surface area contributed by atoms with E-state index >= 15 is 0 Å². The van der Waals surface area contributed by atoms with E-state index in [1.165, 1.54) is 25.7 Å². The van der Waals surface area contributed by atoms with Crippen LogP contribution in [0.2, 0.25) is 0 Å². The molecule has 0 radical (unpaired) electrons. The lowest BCUT2D eigenvalue weighted by atomic mass is 9.99. The van der Waals surface area contributed by atoms with Crippen LogP contribution in [-0.4, -0.2) is 12.1 Å². The Kier molecular flexibility index (Phi) is 3.32. The average Bonchev–Trinajstić information content (AvgIpc) is 2.68. The summed E-state index contributed by atoms with van der Waals surface area (Å²) in [5.74, 6) is 1.99. The summed E-state index contributed by atoms with van der Waals surface area (Å²) in [5, 5.41) is 0. The molecule has 0 aliphatic heterocycles. The quantitative estimate of drug-likeness (QED) is 0.669. The number of carbonyl (C=O) groups excluding carboxylic acids is 1. The minimum absolute atomic E-state index is 0.0162. The molecule has 2 aliphatic carbocycles. The maximum Gasteiger partial charge on any atom is 0.306 e. The van der Waals surface area contributed by atoms with Crippen molar-refractivity contribution in [1.82, 2.24) is 0 Å². The highest BCUT2D eigenvalue weighted by molar-refractivity contribution is 5.69. The van der Waals surface area contributed by atoms with Gasteiger partial charge in [0.05, 0.1) is 0 Å². The molecule has 0 spiro atoms. The first-order valence-corrected chi connectivity index (χ1v) is 6.36. The van der Waals surface area contributed by atoms with Gasteiger partial charge in [0, 0.05) is 6.42 Å². The predicted octanol–water partition coefficient (Wildman–Crippen LogP) is 3.15. The third kappa shape index (κ3) is 2.53. The SMILES string of the molecule is CC(C)CC(=O)OC1CC[C@@H]2CCC[C@H]12. The maximum absolute atomic E-state index is 11.6. The van der Waals surface area contributed by atoms with Gasteiger partial charge in [-0.15, -0.1) is 0 Å². The molecule has 2 fully saturated rings. The smallest absolute Gasteiger partial charge is 0.306 e. The second-order valence-electron chi connectivity index (χ2n) is 5.56. The van der Waals surface area contributed by atoms with Gasteiger partial charge in [0.2, 0.25) is 0 Å². The minimum atomic E-state index is 0.0162. The van der Waals surface area contributed by atoms with Crippen molar-refractivity contribution in [2.75, 3.05) is 0 Å². The number of ether oxygens (including phenoxy) is 1. The second-order valence-corrected chi connectivity index (χ2v) is 5.56. The molecule has 15 heavy (non-hydrogen) atoms. The van der Waals surface area contributed by atoms with Gasteiger partial charge in [-0.3, -0.25) is 4.79 Å². The van der Waals surface area contributed by atoms with Gasteiger partial charge in [0.25, 0.3) is 0 Å². The number of hydrogen-bond acceptors (Lipinski definition) is 2. The molecule has 2 heteroatoms. The van der Waals surface area contributed by atoms with Crippen molar-refractivity contribution in [3.8, 4) is 0 Å². The molecular formula is C13H22O2. The van der Waals surface area contributed by atoms with E-state index in [0.717, 1.165) is 12.3 Å². The Hall–Kier alpha value is -0.530. The van der Waals surface area contributed by atoms with Crippen LogP contribution in [-0.2, 0) is 9.53 Å². The van der Waals surface area contributed by atoms with Crippen LogP contribution in [0.1, 0.15) is 52.4 Å². The summed E-state index contributed by atoms with van der Waals surface area (Å²) >= 11 is 0. The number of rotatable bonds is 3. The Morgan fingerprint density at radius 2 is 2.07 bits per heavy atom. The zero-order valence-corrected chi connectivity index (χ0v) is 9.87. The first-order chi connectivity index (χ1) is 7.16. The van der Waals surface area contributed by atoms with Crippen molar-refractivity contribution >= 4 is 5.97 Å². The summed E-state index contributed by atoms with van der Waals surface area (Å²) in [5.41, 5.74) is 0. The molecule has 0 amide bonds. The first-order valence-electron chi connectivity index (χ1n) is 6.36. The van der Waals surface area contributed by atoms with Crippen LogP contribution in [0, 0.1) is 17.8 Å². The molecule has 2 saturated carbocycles. The molecule has 0 N–H and O–H groups in total. The van der Waals surface area contributed by atoms with E-state index in [0.29, 0.717) is 18.3 Å². The number of carbonyl (C=O) groups is 1. The third-order valence-corrected chi connectivity index (χ3v) is 3.88. The largest absolute Gasteiger partial charge is 0.462 e. The van der Waals surface area contributed by atoms with Crippen molar-refractivity contribution in [1.29, 1.82) is 0 Å². The summed E-state index contributed by atoms with van der Waals surface area (Å²) in [6, 6.07) is 0. The van der Waals surface area contributed by atoms with E-state index in [4.69, 9.17) is 4.74 Å². The van der Waals surface area contributed by atoms with E-state index in [9.17, 15) is 4.79 Å². The van der Waals surface area contributed by atoms with E-state index in [1.54, 1.807) is 0 Å². The topological polar surface area (TPSA) is 26.3 Å². The lowest BCUT2D eigenvalue weighted by Crippen LogP contribution is -2.23. The van der Waals surface area contributed by atoms with E-state index in [1.807, 2.05) is 0 Å². The molecule has 0 heterocycles. The Morgan fingerprint density at radius 1 is 1.27 bits per heavy atom. The lowest BCUT2D eigenvalue weighted by Gasteiger charge is -2.19. The normalized spacial score (nSPS) is 34.5. The highest BCUT2D eigenvalue weighted by atomic mass is 16.5. The predicted molar refractivity (Wildman–Crippen MR) is 59.4 cm³/mol. The Labute approximate surface area is 92.4 Å².